The van der Waals surface area contributed by atoms with Crippen LogP contribution in [-0.2, 0) is 16.1 Å². The summed E-state index contributed by atoms with van der Waals surface area (Å²) in [7, 11) is 0. The van der Waals surface area contributed by atoms with Crippen molar-refractivity contribution in [2.75, 3.05) is 41.7 Å². The fraction of sp³-hybridized carbons (Fsp3) is 0.519. The maximum Gasteiger partial charge on any atom is 0.227 e. The fourth-order valence-corrected chi connectivity index (χ4v) is 5.66. The average Bonchev–Trinajstić information content (AvgIpc) is 3.51. The lowest BCUT2D eigenvalue weighted by molar-refractivity contribution is -0.126. The fourth-order valence-electron chi connectivity index (χ4n) is 4.98. The van der Waals surface area contributed by atoms with Gasteiger partial charge < -0.3 is 15.1 Å². The smallest absolute Gasteiger partial charge is 0.227 e. The Kier molecular flexibility index (Phi) is 7.93. The number of hydrogen-bond donors (Lipinski definition) is 1. The van der Waals surface area contributed by atoms with Crippen molar-refractivity contribution in [3.05, 3.63) is 36.0 Å². The summed E-state index contributed by atoms with van der Waals surface area (Å²) in [6, 6.07) is 7.83. The normalized spacial score (nSPS) is 18.1. The van der Waals surface area contributed by atoms with E-state index in [9.17, 15) is 9.59 Å². The largest absolute Gasteiger partial charge is 0.356 e. The predicted molar refractivity (Wildman–Crippen MR) is 147 cm³/mol. The zero-order chi connectivity index (χ0) is 25.8. The molecule has 2 aliphatic rings. The summed E-state index contributed by atoms with van der Waals surface area (Å²) in [6.07, 6.45) is 6.75. The third-order valence-electron chi connectivity index (χ3n) is 7.01. The third-order valence-corrected chi connectivity index (χ3v) is 8.06. The number of aromatic nitrogens is 4. The minimum atomic E-state index is -0.353. The maximum atomic E-state index is 12.9. The zero-order valence-electron chi connectivity index (χ0n) is 21.7. The van der Waals surface area contributed by atoms with Crippen molar-refractivity contribution >= 4 is 46.1 Å². The molecule has 0 saturated carbocycles. The molecule has 9 nitrogen and oxygen atoms in total. The molecule has 1 unspecified atom stereocenters. The molecule has 10 heteroatoms. The summed E-state index contributed by atoms with van der Waals surface area (Å²) in [5.41, 5.74) is 2.79. The lowest BCUT2D eigenvalue weighted by atomic mass is 10.1. The average molecular weight is 522 g/mol. The second-order valence-electron chi connectivity index (χ2n) is 9.86. The summed E-state index contributed by atoms with van der Waals surface area (Å²) in [5.74, 6) is 1.48. The lowest BCUT2D eigenvalue weighted by Crippen LogP contribution is -2.35. The molecule has 2 fully saturated rings. The number of nitrogens with one attached hydrogen (secondary N) is 1. The van der Waals surface area contributed by atoms with Crippen LogP contribution < -0.4 is 15.1 Å². The van der Waals surface area contributed by atoms with Gasteiger partial charge in [-0.1, -0.05) is 36.4 Å². The first-order valence-electron chi connectivity index (χ1n) is 13.3. The molecule has 0 spiro atoms. The van der Waals surface area contributed by atoms with Crippen molar-refractivity contribution in [2.45, 2.75) is 57.7 Å². The molecule has 2 aliphatic heterocycles. The highest BCUT2D eigenvalue weighted by Crippen LogP contribution is 2.29. The van der Waals surface area contributed by atoms with Crippen molar-refractivity contribution in [2.24, 2.45) is 5.92 Å². The summed E-state index contributed by atoms with van der Waals surface area (Å²) < 4.78 is 1.86. The number of carbonyl (C=O) groups excluding carboxylic acids is 2. The number of anilines is 2. The van der Waals surface area contributed by atoms with Crippen LogP contribution >= 0.6 is 11.8 Å². The van der Waals surface area contributed by atoms with Crippen molar-refractivity contribution in [1.82, 2.24) is 25.1 Å². The zero-order valence-corrected chi connectivity index (χ0v) is 22.5. The second-order valence-corrected chi connectivity index (χ2v) is 10.9. The monoisotopic (exact) mass is 521 g/mol. The first-order chi connectivity index (χ1) is 18.0. The minimum absolute atomic E-state index is 0.0128. The van der Waals surface area contributed by atoms with Gasteiger partial charge in [0.1, 0.15) is 5.82 Å². The van der Waals surface area contributed by atoms with Crippen LogP contribution in [0.25, 0.3) is 11.0 Å². The third kappa shape index (κ3) is 5.74. The van der Waals surface area contributed by atoms with Crippen LogP contribution in [0, 0.1) is 12.8 Å². The maximum absolute atomic E-state index is 12.9. The van der Waals surface area contributed by atoms with Gasteiger partial charge in [0.15, 0.2) is 10.8 Å². The molecule has 0 radical (unpaired) electrons. The van der Waals surface area contributed by atoms with Crippen LogP contribution in [0.4, 0.5) is 11.5 Å². The van der Waals surface area contributed by atoms with E-state index in [2.05, 4.69) is 22.2 Å². The Morgan fingerprint density at radius 3 is 2.68 bits per heavy atom. The number of nitrogens with zero attached hydrogens (tertiary/aromatic N) is 6. The number of amides is 2. The molecule has 0 aliphatic carbocycles. The van der Waals surface area contributed by atoms with Gasteiger partial charge in [0.2, 0.25) is 11.8 Å². The van der Waals surface area contributed by atoms with E-state index < -0.39 is 0 Å². The van der Waals surface area contributed by atoms with Gasteiger partial charge in [-0.2, -0.15) is 5.10 Å². The van der Waals surface area contributed by atoms with Crippen LogP contribution in [-0.4, -0.2) is 63.5 Å². The van der Waals surface area contributed by atoms with E-state index in [0.29, 0.717) is 19.6 Å². The Bertz CT molecular complexity index is 1250. The highest BCUT2D eigenvalue weighted by molar-refractivity contribution is 7.99. The first-order valence-corrected chi connectivity index (χ1v) is 14.3. The van der Waals surface area contributed by atoms with Crippen molar-refractivity contribution < 1.29 is 9.59 Å². The minimum Gasteiger partial charge on any atom is -0.356 e. The van der Waals surface area contributed by atoms with Crippen molar-refractivity contribution in [3.63, 3.8) is 0 Å². The molecule has 0 bridgehead atoms. The van der Waals surface area contributed by atoms with Crippen LogP contribution in [0.15, 0.2) is 35.6 Å². The SMILES string of the molecule is CCCSc1nc(N2CCCCC2)c2cnn(CCNC(=O)C3CC(=O)N(c4ccc(C)cc4)C3)c2n1. The summed E-state index contributed by atoms with van der Waals surface area (Å²) in [6.45, 7) is 7.51. The van der Waals surface area contributed by atoms with Gasteiger partial charge in [0, 0.05) is 44.0 Å². The molecule has 196 valence electrons. The molecule has 1 N–H and O–H groups in total. The second kappa shape index (κ2) is 11.5. The number of benzene rings is 1. The van der Waals surface area contributed by atoms with E-state index in [4.69, 9.17) is 9.97 Å². The van der Waals surface area contributed by atoms with Crippen molar-refractivity contribution in [1.29, 1.82) is 0 Å². The van der Waals surface area contributed by atoms with Gasteiger partial charge in [-0.15, -0.1) is 0 Å². The molecule has 4 heterocycles. The summed E-state index contributed by atoms with van der Waals surface area (Å²) in [4.78, 5) is 39.2. The Morgan fingerprint density at radius 2 is 1.92 bits per heavy atom. The molecule has 2 saturated heterocycles. The molecule has 1 atom stereocenters. The highest BCUT2D eigenvalue weighted by Gasteiger charge is 2.35. The van der Waals surface area contributed by atoms with Crippen LogP contribution in [0.1, 0.15) is 44.6 Å². The first kappa shape index (κ1) is 25.5. The Morgan fingerprint density at radius 1 is 1.14 bits per heavy atom. The van der Waals surface area contributed by atoms with Gasteiger partial charge in [-0.25, -0.2) is 14.6 Å². The van der Waals surface area contributed by atoms with E-state index in [-0.39, 0.29) is 24.2 Å². The Balaban J connectivity index is 1.25. The number of rotatable bonds is 9. The van der Waals surface area contributed by atoms with Gasteiger partial charge in [-0.05, 0) is 44.7 Å². The quantitative estimate of drug-likeness (QED) is 0.338. The number of hydrogen-bond acceptors (Lipinski definition) is 7. The molecule has 37 heavy (non-hydrogen) atoms. The van der Waals surface area contributed by atoms with Gasteiger partial charge in [0.05, 0.1) is 24.0 Å². The molecule has 2 amide bonds. The number of thioether (sulfide) groups is 1. The standard InChI is InChI=1S/C27H35N7O2S/c1-3-15-37-27-30-24(32-12-5-4-6-13-32)22-17-29-34(25(22)31-27)14-11-28-26(36)20-16-23(35)33(18-20)21-9-7-19(2)8-10-21/h7-10,17,20H,3-6,11-16,18H2,1-2H3,(H,28,36). The summed E-state index contributed by atoms with van der Waals surface area (Å²) in [5, 5.41) is 9.36. The number of carbonyl (C=O) groups is 2. The van der Waals surface area contributed by atoms with E-state index in [1.807, 2.05) is 42.1 Å². The highest BCUT2D eigenvalue weighted by atomic mass is 32.2. The Hall–Kier alpha value is -3.14. The topological polar surface area (TPSA) is 96.2 Å². The molecule has 2 aromatic heterocycles. The Labute approximate surface area is 222 Å². The van der Waals surface area contributed by atoms with E-state index in [1.165, 1.54) is 19.3 Å². The number of aryl methyl sites for hydroxylation is 1. The lowest BCUT2D eigenvalue weighted by Gasteiger charge is -2.28. The molecule has 5 rings (SSSR count). The molecular formula is C27H35N7O2S. The molecule has 3 aromatic rings. The van der Waals surface area contributed by atoms with E-state index in [0.717, 1.165) is 58.5 Å². The van der Waals surface area contributed by atoms with Crippen molar-refractivity contribution in [3.8, 4) is 0 Å². The van der Waals surface area contributed by atoms with Crippen LogP contribution in [0.3, 0.4) is 0 Å². The van der Waals surface area contributed by atoms with Gasteiger partial charge in [-0.3, -0.25) is 9.59 Å². The van der Waals surface area contributed by atoms with E-state index in [1.54, 1.807) is 16.7 Å². The van der Waals surface area contributed by atoms with Gasteiger partial charge in [0.25, 0.3) is 0 Å². The number of fused-ring (bicyclic) bond motifs is 1. The predicted octanol–water partition coefficient (Wildman–Crippen LogP) is 3.80. The van der Waals surface area contributed by atoms with E-state index >= 15 is 0 Å². The number of piperidine rings is 1. The van der Waals surface area contributed by atoms with Crippen LogP contribution in [0.5, 0.6) is 0 Å². The molecular weight excluding hydrogens is 486 g/mol. The molecule has 1 aromatic carbocycles. The van der Waals surface area contributed by atoms with Crippen LogP contribution in [0.2, 0.25) is 0 Å². The summed E-state index contributed by atoms with van der Waals surface area (Å²) >= 11 is 1.67. The van der Waals surface area contributed by atoms with Gasteiger partial charge >= 0.3 is 0 Å².